The molecule has 1 heterocycles. The van der Waals surface area contributed by atoms with Gasteiger partial charge in [0.05, 0.1) is 6.04 Å². The molecule has 0 fully saturated rings. The molecular weight excluding hydrogens is 150 g/mol. The second-order valence-corrected chi connectivity index (χ2v) is 2.48. The van der Waals surface area contributed by atoms with Crippen LogP contribution in [-0.4, -0.2) is 11.0 Å². The van der Waals surface area contributed by atoms with E-state index in [2.05, 4.69) is 16.2 Å². The normalized spacial score (nSPS) is 11.7. The summed E-state index contributed by atoms with van der Waals surface area (Å²) < 4.78 is 0. The second kappa shape index (κ2) is 3.63. The average Bonchev–Trinajstić information content (AvgIpc) is 2.04. The molecule has 12 heavy (non-hydrogen) atoms. The highest BCUT2D eigenvalue weighted by Crippen LogP contribution is 2.06. The Hall–Kier alpha value is -1.69. The molecule has 62 valence electrons. The molecule has 1 aromatic heterocycles. The third-order valence-electron chi connectivity index (χ3n) is 1.39. The number of hydrogen-bond acceptors (Lipinski definition) is 3. The van der Waals surface area contributed by atoms with Gasteiger partial charge in [-0.3, -0.25) is 0 Å². The fourth-order valence-electron chi connectivity index (χ4n) is 0.795. The van der Waals surface area contributed by atoms with Crippen LogP contribution in [0.15, 0.2) is 18.2 Å². The summed E-state index contributed by atoms with van der Waals surface area (Å²) in [5.41, 5.74) is 5.47. The number of nitrogens with two attached hydrogens (primary N) is 1. The predicted octanol–water partition coefficient (Wildman–Crippen LogP) is 1.10. The van der Waals surface area contributed by atoms with E-state index in [1.165, 1.54) is 0 Å². The van der Waals surface area contributed by atoms with E-state index in [-0.39, 0.29) is 6.04 Å². The van der Waals surface area contributed by atoms with Gasteiger partial charge in [0.2, 0.25) is 0 Å². The second-order valence-electron chi connectivity index (χ2n) is 2.48. The maximum Gasteiger partial charge on any atom is 0.129 e. The zero-order valence-electron chi connectivity index (χ0n) is 6.91. The first-order chi connectivity index (χ1) is 5.72. The molecule has 1 aromatic rings. The Morgan fingerprint density at radius 3 is 3.00 bits per heavy atom. The van der Waals surface area contributed by atoms with Crippen LogP contribution in [0, 0.1) is 12.3 Å². The molecule has 0 radical (unpaired) electrons. The average molecular weight is 161 g/mol. The van der Waals surface area contributed by atoms with E-state index in [0.29, 0.717) is 11.6 Å². The number of nitrogens with one attached hydrogen (secondary N) is 1. The lowest BCUT2D eigenvalue weighted by atomic mass is 10.3. The van der Waals surface area contributed by atoms with Gasteiger partial charge in [-0.05, 0) is 19.1 Å². The van der Waals surface area contributed by atoms with Crippen LogP contribution in [0.1, 0.15) is 6.92 Å². The van der Waals surface area contributed by atoms with E-state index in [0.717, 1.165) is 0 Å². The van der Waals surface area contributed by atoms with Crippen LogP contribution in [0.4, 0.5) is 11.6 Å². The minimum atomic E-state index is -0.0284. The van der Waals surface area contributed by atoms with E-state index in [4.69, 9.17) is 12.2 Å². The highest BCUT2D eigenvalue weighted by molar-refractivity contribution is 5.43. The number of nitrogen functional groups attached to an aromatic ring is 1. The van der Waals surface area contributed by atoms with Gasteiger partial charge in [0.15, 0.2) is 0 Å². The number of pyridine rings is 1. The van der Waals surface area contributed by atoms with Crippen LogP contribution in [0.25, 0.3) is 0 Å². The number of terminal acetylenes is 1. The summed E-state index contributed by atoms with van der Waals surface area (Å²) in [6.07, 6.45) is 5.19. The zero-order chi connectivity index (χ0) is 8.97. The first-order valence-corrected chi connectivity index (χ1v) is 3.67. The molecule has 1 unspecified atom stereocenters. The van der Waals surface area contributed by atoms with E-state index < -0.39 is 0 Å². The molecule has 0 aliphatic heterocycles. The van der Waals surface area contributed by atoms with Crippen LogP contribution in [0.5, 0.6) is 0 Å². The summed E-state index contributed by atoms with van der Waals surface area (Å²) in [5.74, 6) is 3.74. The van der Waals surface area contributed by atoms with Crippen molar-refractivity contribution >= 4 is 11.6 Å². The lowest BCUT2D eigenvalue weighted by Gasteiger charge is -2.07. The molecule has 3 N–H and O–H groups in total. The van der Waals surface area contributed by atoms with Gasteiger partial charge in [0.25, 0.3) is 0 Å². The third-order valence-corrected chi connectivity index (χ3v) is 1.39. The van der Waals surface area contributed by atoms with Gasteiger partial charge >= 0.3 is 0 Å². The Labute approximate surface area is 72.0 Å². The SMILES string of the molecule is C#CC(C)Nc1cccc(N)n1. The summed E-state index contributed by atoms with van der Waals surface area (Å²) in [7, 11) is 0. The highest BCUT2D eigenvalue weighted by atomic mass is 15.0. The van der Waals surface area contributed by atoms with Gasteiger partial charge in [-0.2, -0.15) is 0 Å². The van der Waals surface area contributed by atoms with Gasteiger partial charge in [-0.1, -0.05) is 12.0 Å². The summed E-state index contributed by atoms with van der Waals surface area (Å²) in [6.45, 7) is 1.88. The summed E-state index contributed by atoms with van der Waals surface area (Å²) in [4.78, 5) is 4.03. The molecule has 3 nitrogen and oxygen atoms in total. The fraction of sp³-hybridized carbons (Fsp3) is 0.222. The van der Waals surface area contributed by atoms with Gasteiger partial charge in [0.1, 0.15) is 11.6 Å². The van der Waals surface area contributed by atoms with Crippen molar-refractivity contribution in [1.29, 1.82) is 0 Å². The van der Waals surface area contributed by atoms with Crippen molar-refractivity contribution in [2.45, 2.75) is 13.0 Å². The molecule has 0 bridgehead atoms. The van der Waals surface area contributed by atoms with Crippen LogP contribution < -0.4 is 11.1 Å². The van der Waals surface area contributed by atoms with Crippen molar-refractivity contribution in [1.82, 2.24) is 4.98 Å². The lowest BCUT2D eigenvalue weighted by molar-refractivity contribution is 1.02. The van der Waals surface area contributed by atoms with Crippen LogP contribution >= 0.6 is 0 Å². The maximum atomic E-state index is 5.47. The predicted molar refractivity (Wildman–Crippen MR) is 50.6 cm³/mol. The van der Waals surface area contributed by atoms with Crippen molar-refractivity contribution in [3.05, 3.63) is 18.2 Å². The van der Waals surface area contributed by atoms with Crippen LogP contribution in [0.3, 0.4) is 0 Å². The Kier molecular flexibility index (Phi) is 2.54. The minimum absolute atomic E-state index is 0.0284. The third kappa shape index (κ3) is 2.17. The maximum absolute atomic E-state index is 5.47. The first-order valence-electron chi connectivity index (χ1n) is 3.67. The van der Waals surface area contributed by atoms with Crippen molar-refractivity contribution in [2.24, 2.45) is 0 Å². The Balaban J connectivity index is 2.71. The van der Waals surface area contributed by atoms with E-state index in [1.54, 1.807) is 6.07 Å². The lowest BCUT2D eigenvalue weighted by Crippen LogP contribution is -2.13. The molecule has 1 rings (SSSR count). The molecule has 0 aromatic carbocycles. The van der Waals surface area contributed by atoms with E-state index in [9.17, 15) is 0 Å². The number of rotatable bonds is 2. The summed E-state index contributed by atoms with van der Waals surface area (Å²) in [5, 5.41) is 3.01. The molecule has 0 saturated carbocycles. The number of anilines is 2. The Morgan fingerprint density at radius 2 is 2.42 bits per heavy atom. The zero-order valence-corrected chi connectivity index (χ0v) is 6.91. The minimum Gasteiger partial charge on any atom is -0.384 e. The largest absolute Gasteiger partial charge is 0.384 e. The number of aromatic nitrogens is 1. The Bertz CT molecular complexity index is 301. The van der Waals surface area contributed by atoms with Gasteiger partial charge in [-0.25, -0.2) is 4.98 Å². The van der Waals surface area contributed by atoms with Gasteiger partial charge in [-0.15, -0.1) is 6.42 Å². The van der Waals surface area contributed by atoms with Crippen LogP contribution in [-0.2, 0) is 0 Å². The first kappa shape index (κ1) is 8.41. The van der Waals surface area contributed by atoms with Crippen LogP contribution in [0.2, 0.25) is 0 Å². The summed E-state index contributed by atoms with van der Waals surface area (Å²) >= 11 is 0. The van der Waals surface area contributed by atoms with Gasteiger partial charge < -0.3 is 11.1 Å². The monoisotopic (exact) mass is 161 g/mol. The molecule has 0 saturated heterocycles. The molecule has 0 aliphatic rings. The van der Waals surface area contributed by atoms with E-state index >= 15 is 0 Å². The fourth-order valence-corrected chi connectivity index (χ4v) is 0.795. The number of nitrogens with zero attached hydrogens (tertiary/aromatic N) is 1. The number of hydrogen-bond donors (Lipinski definition) is 2. The van der Waals surface area contributed by atoms with Crippen molar-refractivity contribution in [3.8, 4) is 12.3 Å². The molecular formula is C9H11N3. The smallest absolute Gasteiger partial charge is 0.129 e. The van der Waals surface area contributed by atoms with Crippen molar-refractivity contribution in [2.75, 3.05) is 11.1 Å². The Morgan fingerprint density at radius 1 is 1.67 bits per heavy atom. The molecule has 1 atom stereocenters. The standard InChI is InChI=1S/C9H11N3/c1-3-7(2)11-9-6-4-5-8(10)12-9/h1,4-7H,2H3,(H3,10,11,12). The van der Waals surface area contributed by atoms with Gasteiger partial charge in [0, 0.05) is 0 Å². The quantitative estimate of drug-likeness (QED) is 0.638. The topological polar surface area (TPSA) is 50.9 Å². The molecule has 0 aliphatic carbocycles. The summed E-state index contributed by atoms with van der Waals surface area (Å²) in [6, 6.07) is 5.35. The molecule has 3 heteroatoms. The molecule has 0 spiro atoms. The highest BCUT2D eigenvalue weighted by Gasteiger charge is 1.97. The van der Waals surface area contributed by atoms with Crippen molar-refractivity contribution < 1.29 is 0 Å². The molecule has 0 amide bonds. The van der Waals surface area contributed by atoms with Crippen molar-refractivity contribution in [3.63, 3.8) is 0 Å². The van der Waals surface area contributed by atoms with E-state index in [1.807, 2.05) is 19.1 Å².